The van der Waals surface area contributed by atoms with E-state index in [1.807, 2.05) is 0 Å². The Morgan fingerprint density at radius 3 is 1.06 bits per heavy atom. The Labute approximate surface area is 779 Å². The van der Waals surface area contributed by atoms with Gasteiger partial charge in [0.1, 0.15) is 72.5 Å². The molecule has 3 rings (SSSR count). The largest absolute Gasteiger partial charge is 0.480 e. The van der Waals surface area contributed by atoms with Crippen molar-refractivity contribution >= 4 is 112 Å². The second-order valence-corrected chi connectivity index (χ2v) is 34.5. The number of hydrogen-bond donors (Lipinski definition) is 21. The number of hydrogen-bond acceptors (Lipinski definition) is 21. The summed E-state index contributed by atoms with van der Waals surface area (Å²) in [5, 5.41) is 48.0. The molecule has 0 unspecified atom stereocenters. The van der Waals surface area contributed by atoms with E-state index in [2.05, 4.69) is 86.7 Å². The van der Waals surface area contributed by atoms with E-state index in [0.29, 0.717) is 42.4 Å². The third-order valence-corrected chi connectivity index (χ3v) is 21.9. The molecule has 0 aliphatic heterocycles. The number of carboxylic acids is 1. The lowest BCUT2D eigenvalue weighted by molar-refractivity contribution is -0.142. The Morgan fingerprint density at radius 2 is 0.632 bits per heavy atom. The molecule has 0 aromatic heterocycles. The van der Waals surface area contributed by atoms with Crippen molar-refractivity contribution in [1.82, 2.24) is 79.8 Å². The number of aliphatic carboxylic acids is 1. The molecular weight excluding hydrogens is 1720 g/mol. The number of unbranched alkanes of at least 4 members (excludes halogenated alkanes) is 12. The number of primary amides is 3. The molecule has 133 heavy (non-hydrogen) atoms. The van der Waals surface area contributed by atoms with Crippen molar-refractivity contribution in [3.63, 3.8) is 0 Å². The minimum absolute atomic E-state index is 0.00410. The number of carbonyl (C=O) groups excluding carboxylic acids is 18. The molecule has 0 saturated carbocycles. The van der Waals surface area contributed by atoms with E-state index in [4.69, 9.17) is 28.7 Å². The van der Waals surface area contributed by atoms with Gasteiger partial charge in [-0.05, 0) is 119 Å². The molecule has 0 fully saturated rings. The summed E-state index contributed by atoms with van der Waals surface area (Å²) in [7, 11) is 0. The Hall–Kier alpha value is -12.5. The molecule has 0 bridgehead atoms. The Balaban J connectivity index is 1.84. The summed E-state index contributed by atoms with van der Waals surface area (Å²) >= 11 is 0. The van der Waals surface area contributed by atoms with Gasteiger partial charge >= 0.3 is 5.97 Å². The zero-order valence-corrected chi connectivity index (χ0v) is 78.2. The molecule has 40 heteroatoms. The molecule has 0 radical (unpaired) electrons. The van der Waals surface area contributed by atoms with Crippen LogP contribution in [-0.2, 0) is 110 Å². The van der Waals surface area contributed by atoms with Crippen LogP contribution in [-0.4, -0.2) is 223 Å². The quantitative estimate of drug-likeness (QED) is 0.0333. The van der Waals surface area contributed by atoms with Crippen molar-refractivity contribution in [2.75, 3.05) is 32.7 Å². The zero-order chi connectivity index (χ0) is 98.9. The van der Waals surface area contributed by atoms with Crippen LogP contribution in [0.15, 0.2) is 91.0 Å². The monoisotopic (exact) mass is 1860 g/mol. The van der Waals surface area contributed by atoms with E-state index in [1.165, 1.54) is 45.4 Å². The molecule has 0 heterocycles. The van der Waals surface area contributed by atoms with Gasteiger partial charge in [0, 0.05) is 32.1 Å². The molecule has 18 amide bonds. The van der Waals surface area contributed by atoms with Crippen molar-refractivity contribution in [2.24, 2.45) is 46.4 Å². The third-order valence-electron chi connectivity index (χ3n) is 21.9. The highest BCUT2D eigenvalue weighted by Gasteiger charge is 2.38. The predicted molar refractivity (Wildman–Crippen MR) is 497 cm³/mol. The fourth-order valence-electron chi connectivity index (χ4n) is 14.3. The van der Waals surface area contributed by atoms with E-state index < -0.39 is 217 Å². The van der Waals surface area contributed by atoms with Gasteiger partial charge in [0.05, 0.1) is 32.5 Å². The fourth-order valence-corrected chi connectivity index (χ4v) is 14.3. The maximum atomic E-state index is 14.8. The first-order valence-electron chi connectivity index (χ1n) is 46.3. The predicted octanol–water partition coefficient (Wildman–Crippen LogP) is 0.0989. The number of carbonyl (C=O) groups is 19. The maximum absolute atomic E-state index is 14.8. The first kappa shape index (κ1) is 115. The van der Waals surface area contributed by atoms with Crippen LogP contribution in [0.3, 0.4) is 0 Å². The SMILES string of the molecule is CCCCCCCCCCCCCC(=O)NCC(=O)N[C@@H](CC(N)=O)C(=O)N[C@H](C(=O)N[C@@H](Cc1ccccc1)C(=O)N[C@@H](C)C(=O)N[C@@H](CC(N)=O)C(=O)N[C@@H](CC(C)C)C(=O)N[C@@H](Cc1ccccc1)C(=O)N[C@@H](CCCCN)C(=O)NCC(=O)N[C@@H](CC(C)C)C(=O)N[C@@H](Cc1ccccc1)C(=O)NCC(=O)N[C@@H](CCCCN)C(=O)N[C@@H](CCC(N)=O)C(=O)O)[C@@H](C)CC. The molecule has 738 valence electrons. The number of carboxylic acid groups (broad SMARTS) is 1. The molecular formula is C93H146N20O20. The van der Waals surface area contributed by atoms with E-state index in [1.54, 1.807) is 133 Å². The highest BCUT2D eigenvalue weighted by molar-refractivity contribution is 6.01. The number of rotatable bonds is 69. The third kappa shape index (κ3) is 48.5. The smallest absolute Gasteiger partial charge is 0.326 e. The number of nitrogens with two attached hydrogens (primary N) is 5. The highest BCUT2D eigenvalue weighted by atomic mass is 16.4. The summed E-state index contributed by atoms with van der Waals surface area (Å²) in [6.45, 7) is 12.2. The molecule has 0 spiro atoms. The van der Waals surface area contributed by atoms with Gasteiger partial charge in [-0.3, -0.25) is 86.3 Å². The van der Waals surface area contributed by atoms with Crippen LogP contribution in [0.25, 0.3) is 0 Å². The van der Waals surface area contributed by atoms with Crippen molar-refractivity contribution in [3.05, 3.63) is 108 Å². The number of benzene rings is 3. The summed E-state index contributed by atoms with van der Waals surface area (Å²) in [6, 6.07) is 7.46. The molecule has 0 aliphatic carbocycles. The van der Waals surface area contributed by atoms with E-state index in [-0.39, 0.29) is 108 Å². The Kier molecular flexibility index (Phi) is 55.5. The minimum Gasteiger partial charge on any atom is -0.480 e. The van der Waals surface area contributed by atoms with E-state index >= 15 is 0 Å². The van der Waals surface area contributed by atoms with Crippen LogP contribution in [0.2, 0.25) is 0 Å². The van der Waals surface area contributed by atoms with Crippen LogP contribution < -0.4 is 108 Å². The standard InChI is InChI=1S/C93H146N20O20/c1-9-11-12-13-14-15-16-17-18-19-29-42-77(117)99-54-78(118)105-72(52-75(97)115)91(130)113-81(59(7)10-2)92(131)112-70(50-62-36-25-21-26-37-62)86(125)102-60(8)82(121)108-73(53-76(98)116)90(129)109-68(48-58(5)6)88(127)111-71(51-63-38-27-22-28-39-63)89(128)106-64(40-30-32-45-94)83(122)100-56-80(120)104-67(47-57(3)4)87(126)110-69(49-61-34-23-20-24-35-61)84(123)101-55-79(119)103-65(41-31-33-46-95)85(124)107-66(93(132)133)43-44-74(96)114/h20-28,34-39,57-60,64-73,81H,9-19,29-33,40-56,94-95H2,1-8H3,(H2,96,114)(H2,97,115)(H2,98,116)(H,99,117)(H,100,122)(H,101,123)(H,102,125)(H,103,119)(H,104,120)(H,105,118)(H,106,128)(H,107,124)(H,108,121)(H,109,129)(H,110,126)(H,111,127)(H,112,131)(H,113,130)(H,132,133)/t59-,60-,64-,65-,66-,67-,68-,69-,70-,71-,72-,73-,81-/m0/s1. The fraction of sp³-hybridized carbons (Fsp3) is 0.602. The van der Waals surface area contributed by atoms with Crippen LogP contribution in [0.1, 0.15) is 233 Å². The Bertz CT molecular complexity index is 4220. The lowest BCUT2D eigenvalue weighted by Crippen LogP contribution is -2.61. The molecule has 26 N–H and O–H groups in total. The second kappa shape index (κ2) is 64.3. The molecule has 40 nitrogen and oxygen atoms in total. The van der Waals surface area contributed by atoms with Crippen LogP contribution in [0.5, 0.6) is 0 Å². The number of amides is 18. The summed E-state index contributed by atoms with van der Waals surface area (Å²) in [5.74, 6) is -18.8. The normalized spacial score (nSPS) is 14.0. The lowest BCUT2D eigenvalue weighted by atomic mass is 9.96. The van der Waals surface area contributed by atoms with Gasteiger partial charge in [-0.1, -0.05) is 210 Å². The van der Waals surface area contributed by atoms with Crippen molar-refractivity contribution < 1.29 is 96.2 Å². The van der Waals surface area contributed by atoms with Crippen LogP contribution >= 0.6 is 0 Å². The van der Waals surface area contributed by atoms with Crippen LogP contribution in [0.4, 0.5) is 0 Å². The van der Waals surface area contributed by atoms with Gasteiger partial charge in [0.2, 0.25) is 106 Å². The summed E-state index contributed by atoms with van der Waals surface area (Å²) in [4.78, 5) is 259. The van der Waals surface area contributed by atoms with Gasteiger partial charge in [-0.2, -0.15) is 0 Å². The van der Waals surface area contributed by atoms with Crippen molar-refractivity contribution in [1.29, 1.82) is 0 Å². The van der Waals surface area contributed by atoms with Gasteiger partial charge < -0.3 is 114 Å². The summed E-state index contributed by atoms with van der Waals surface area (Å²) in [6.07, 6.45) is 11.0. The van der Waals surface area contributed by atoms with E-state index in [0.717, 1.165) is 25.7 Å². The average Bonchev–Trinajstić information content (AvgIpc) is 0.861. The summed E-state index contributed by atoms with van der Waals surface area (Å²) < 4.78 is 0. The molecule has 3 aromatic carbocycles. The molecule has 13 atom stereocenters. The maximum Gasteiger partial charge on any atom is 0.326 e. The van der Waals surface area contributed by atoms with Gasteiger partial charge in [0.15, 0.2) is 0 Å². The van der Waals surface area contributed by atoms with Gasteiger partial charge in [-0.25, -0.2) is 4.79 Å². The number of nitrogens with one attached hydrogen (secondary N) is 15. The van der Waals surface area contributed by atoms with Crippen molar-refractivity contribution in [3.8, 4) is 0 Å². The van der Waals surface area contributed by atoms with Gasteiger partial charge in [0.25, 0.3) is 0 Å². The van der Waals surface area contributed by atoms with E-state index in [9.17, 15) is 96.2 Å². The first-order chi connectivity index (χ1) is 63.3. The van der Waals surface area contributed by atoms with Crippen LogP contribution in [0, 0.1) is 17.8 Å². The lowest BCUT2D eigenvalue weighted by Gasteiger charge is -2.29. The molecule has 0 aliphatic rings. The minimum atomic E-state index is -1.81. The van der Waals surface area contributed by atoms with Crippen molar-refractivity contribution in [2.45, 2.75) is 308 Å². The molecule has 0 saturated heterocycles. The molecule has 3 aromatic rings. The second-order valence-electron chi connectivity index (χ2n) is 34.5. The van der Waals surface area contributed by atoms with Gasteiger partial charge in [-0.15, -0.1) is 0 Å². The Morgan fingerprint density at radius 1 is 0.301 bits per heavy atom. The highest BCUT2D eigenvalue weighted by Crippen LogP contribution is 2.18. The first-order valence-corrected chi connectivity index (χ1v) is 46.3. The topological polar surface area (TPSA) is 655 Å². The zero-order valence-electron chi connectivity index (χ0n) is 78.2. The average molecular weight is 1860 g/mol. The summed E-state index contributed by atoms with van der Waals surface area (Å²) in [5.41, 5.74) is 29.5.